The van der Waals surface area contributed by atoms with Crippen molar-refractivity contribution in [2.75, 3.05) is 20.3 Å². The van der Waals surface area contributed by atoms with E-state index in [0.717, 1.165) is 17.1 Å². The van der Waals surface area contributed by atoms with Gasteiger partial charge in [0.2, 0.25) is 0 Å². The largest absolute Gasteiger partial charge is 0.489 e. The van der Waals surface area contributed by atoms with Gasteiger partial charge < -0.3 is 14.8 Å². The fourth-order valence-electron chi connectivity index (χ4n) is 1.52. The van der Waals surface area contributed by atoms with Crippen LogP contribution in [0.15, 0.2) is 12.1 Å². The molecule has 0 aromatic carbocycles. The Balaban J connectivity index is 2.51. The van der Waals surface area contributed by atoms with Gasteiger partial charge in [0.1, 0.15) is 12.4 Å². The summed E-state index contributed by atoms with van der Waals surface area (Å²) >= 11 is 0. The Labute approximate surface area is 110 Å². The highest BCUT2D eigenvalue weighted by molar-refractivity contribution is 5.29. The summed E-state index contributed by atoms with van der Waals surface area (Å²) in [6.07, 6.45) is 0. The Kier molecular flexibility index (Phi) is 5.56. The molecular weight excluding hydrogens is 228 g/mol. The lowest BCUT2D eigenvalue weighted by Crippen LogP contribution is -2.22. The second-order valence-electron chi connectivity index (χ2n) is 5.24. The minimum Gasteiger partial charge on any atom is -0.489 e. The number of hydrogen-bond acceptors (Lipinski definition) is 4. The first kappa shape index (κ1) is 14.9. The molecule has 1 rings (SSSR count). The molecule has 0 aliphatic rings. The lowest BCUT2D eigenvalue weighted by atomic mass is 10.2. The van der Waals surface area contributed by atoms with Crippen LogP contribution in [0.1, 0.15) is 32.2 Å². The molecule has 0 aliphatic heterocycles. The van der Waals surface area contributed by atoms with Gasteiger partial charge in [0, 0.05) is 12.2 Å². The van der Waals surface area contributed by atoms with Crippen molar-refractivity contribution in [3.05, 3.63) is 23.5 Å². The van der Waals surface area contributed by atoms with Crippen molar-refractivity contribution in [1.29, 1.82) is 0 Å². The minimum absolute atomic E-state index is 0.122. The average Bonchev–Trinajstić information content (AvgIpc) is 2.26. The van der Waals surface area contributed by atoms with Gasteiger partial charge in [-0.3, -0.25) is 4.98 Å². The molecular formula is C14H24N2O2. The van der Waals surface area contributed by atoms with E-state index < -0.39 is 0 Å². The van der Waals surface area contributed by atoms with Crippen LogP contribution >= 0.6 is 0 Å². The number of rotatable bonds is 6. The summed E-state index contributed by atoms with van der Waals surface area (Å²) in [6.45, 7) is 9.91. The Morgan fingerprint density at radius 2 is 1.94 bits per heavy atom. The predicted molar refractivity (Wildman–Crippen MR) is 72.9 cm³/mol. The van der Waals surface area contributed by atoms with Gasteiger partial charge in [-0.25, -0.2) is 0 Å². The van der Waals surface area contributed by atoms with Gasteiger partial charge in [-0.05, 0) is 46.9 Å². The lowest BCUT2D eigenvalue weighted by molar-refractivity contribution is -0.0164. The number of hydrogen-bond donors (Lipinski definition) is 1. The molecule has 0 atom stereocenters. The molecule has 0 amide bonds. The van der Waals surface area contributed by atoms with Crippen molar-refractivity contribution in [2.45, 2.75) is 39.8 Å². The highest BCUT2D eigenvalue weighted by Gasteiger charge is 2.10. The highest BCUT2D eigenvalue weighted by Crippen LogP contribution is 2.17. The number of aromatic nitrogens is 1. The molecule has 102 valence electrons. The number of nitrogens with zero attached hydrogens (tertiary/aromatic N) is 1. The number of aryl methyl sites for hydroxylation is 1. The molecule has 0 aliphatic carbocycles. The summed E-state index contributed by atoms with van der Waals surface area (Å²) < 4.78 is 11.3. The summed E-state index contributed by atoms with van der Waals surface area (Å²) in [6, 6.07) is 3.92. The number of nitrogens with one attached hydrogen (secondary N) is 1. The van der Waals surface area contributed by atoms with Gasteiger partial charge in [-0.1, -0.05) is 0 Å². The van der Waals surface area contributed by atoms with Crippen LogP contribution in [0, 0.1) is 6.92 Å². The molecule has 0 saturated carbocycles. The van der Waals surface area contributed by atoms with E-state index in [-0.39, 0.29) is 5.60 Å². The smallest absolute Gasteiger partial charge is 0.142 e. The molecule has 1 N–H and O–H groups in total. The van der Waals surface area contributed by atoms with Crippen LogP contribution in [0.5, 0.6) is 5.75 Å². The number of ether oxygens (including phenoxy) is 2. The monoisotopic (exact) mass is 252 g/mol. The molecule has 1 heterocycles. The van der Waals surface area contributed by atoms with Crippen molar-refractivity contribution in [2.24, 2.45) is 0 Å². The second kappa shape index (κ2) is 6.71. The summed E-state index contributed by atoms with van der Waals surface area (Å²) in [5, 5.41) is 3.09. The molecule has 0 spiro atoms. The summed E-state index contributed by atoms with van der Waals surface area (Å²) in [5.41, 5.74) is 1.81. The van der Waals surface area contributed by atoms with Crippen molar-refractivity contribution in [1.82, 2.24) is 10.3 Å². The Morgan fingerprint density at radius 1 is 1.22 bits per heavy atom. The van der Waals surface area contributed by atoms with Gasteiger partial charge in [-0.15, -0.1) is 0 Å². The third-order valence-corrected chi connectivity index (χ3v) is 2.29. The van der Waals surface area contributed by atoms with Gasteiger partial charge >= 0.3 is 0 Å². The van der Waals surface area contributed by atoms with Crippen molar-refractivity contribution in [3.63, 3.8) is 0 Å². The first-order valence-corrected chi connectivity index (χ1v) is 6.30. The van der Waals surface area contributed by atoms with E-state index >= 15 is 0 Å². The minimum atomic E-state index is -0.122. The maximum atomic E-state index is 5.71. The zero-order chi connectivity index (χ0) is 13.6. The van der Waals surface area contributed by atoms with Crippen LogP contribution < -0.4 is 10.1 Å². The van der Waals surface area contributed by atoms with E-state index in [0.29, 0.717) is 19.8 Å². The number of pyridine rings is 1. The zero-order valence-corrected chi connectivity index (χ0v) is 12.0. The summed E-state index contributed by atoms with van der Waals surface area (Å²) in [4.78, 5) is 4.46. The van der Waals surface area contributed by atoms with Gasteiger partial charge in [0.25, 0.3) is 0 Å². The maximum absolute atomic E-state index is 5.71. The average molecular weight is 252 g/mol. The molecule has 0 saturated heterocycles. The molecule has 0 fully saturated rings. The predicted octanol–water partition coefficient (Wildman–Crippen LogP) is 2.30. The van der Waals surface area contributed by atoms with E-state index in [1.54, 1.807) is 0 Å². The Hall–Kier alpha value is -1.13. The third kappa shape index (κ3) is 5.47. The fraction of sp³-hybridized carbons (Fsp3) is 0.643. The molecule has 1 aromatic heterocycles. The van der Waals surface area contributed by atoms with Crippen LogP contribution in [-0.2, 0) is 11.3 Å². The lowest BCUT2D eigenvalue weighted by Gasteiger charge is -2.19. The molecule has 0 radical (unpaired) electrons. The maximum Gasteiger partial charge on any atom is 0.142 e. The quantitative estimate of drug-likeness (QED) is 0.789. The fourth-order valence-corrected chi connectivity index (χ4v) is 1.52. The summed E-state index contributed by atoms with van der Waals surface area (Å²) in [5.74, 6) is 0.826. The molecule has 4 nitrogen and oxygen atoms in total. The van der Waals surface area contributed by atoms with Gasteiger partial charge in [0.15, 0.2) is 0 Å². The highest BCUT2D eigenvalue weighted by atomic mass is 16.5. The third-order valence-electron chi connectivity index (χ3n) is 2.29. The van der Waals surface area contributed by atoms with Crippen molar-refractivity contribution < 1.29 is 9.47 Å². The zero-order valence-electron chi connectivity index (χ0n) is 12.0. The molecule has 0 unspecified atom stereocenters. The standard InChI is InChI=1S/C14H24N2O2/c1-11-6-7-13(12(16-11)10-15-5)17-8-9-18-14(2,3)4/h6-7,15H,8-10H2,1-5H3. The summed E-state index contributed by atoms with van der Waals surface area (Å²) in [7, 11) is 1.90. The molecule has 18 heavy (non-hydrogen) atoms. The normalized spacial score (nSPS) is 11.6. The van der Waals surface area contributed by atoms with Crippen LogP contribution in [0.4, 0.5) is 0 Å². The van der Waals surface area contributed by atoms with E-state index in [1.165, 1.54) is 0 Å². The van der Waals surface area contributed by atoms with Crippen LogP contribution in [0.3, 0.4) is 0 Å². The second-order valence-corrected chi connectivity index (χ2v) is 5.24. The Morgan fingerprint density at radius 3 is 2.56 bits per heavy atom. The topological polar surface area (TPSA) is 43.4 Å². The van der Waals surface area contributed by atoms with Crippen molar-refractivity contribution >= 4 is 0 Å². The Bertz CT molecular complexity index is 373. The van der Waals surface area contributed by atoms with E-state index in [9.17, 15) is 0 Å². The molecule has 4 heteroatoms. The molecule has 0 bridgehead atoms. The van der Waals surface area contributed by atoms with Crippen LogP contribution in [-0.4, -0.2) is 30.8 Å². The van der Waals surface area contributed by atoms with Crippen molar-refractivity contribution in [3.8, 4) is 5.75 Å². The van der Waals surface area contributed by atoms with E-state index in [1.807, 2.05) is 46.9 Å². The first-order chi connectivity index (χ1) is 8.42. The van der Waals surface area contributed by atoms with Gasteiger partial charge in [0.05, 0.1) is 17.9 Å². The SMILES string of the molecule is CNCc1nc(C)ccc1OCCOC(C)(C)C. The van der Waals surface area contributed by atoms with E-state index in [2.05, 4.69) is 10.3 Å². The van der Waals surface area contributed by atoms with Gasteiger partial charge in [-0.2, -0.15) is 0 Å². The van der Waals surface area contributed by atoms with E-state index in [4.69, 9.17) is 9.47 Å². The first-order valence-electron chi connectivity index (χ1n) is 6.30. The van der Waals surface area contributed by atoms with Crippen LogP contribution in [0.25, 0.3) is 0 Å². The molecule has 1 aromatic rings. The van der Waals surface area contributed by atoms with Crippen LogP contribution in [0.2, 0.25) is 0 Å².